The second-order valence-electron chi connectivity index (χ2n) is 7.59. The van der Waals surface area contributed by atoms with Gasteiger partial charge in [-0.1, -0.05) is 0 Å². The molecule has 0 spiro atoms. The van der Waals surface area contributed by atoms with E-state index in [0.717, 1.165) is 11.1 Å². The molecule has 0 saturated carbocycles. The topological polar surface area (TPSA) is 105 Å². The molecule has 0 bridgehead atoms. The summed E-state index contributed by atoms with van der Waals surface area (Å²) in [6.07, 6.45) is -1.07. The molecule has 4 atom stereocenters. The number of aliphatic hydroxyl groups excluding tert-OH is 2. The van der Waals surface area contributed by atoms with Crippen molar-refractivity contribution in [2.24, 2.45) is 11.8 Å². The lowest BCUT2D eigenvalue weighted by molar-refractivity contribution is 0.0180. The Morgan fingerprint density at radius 2 is 0.879 bits per heavy atom. The zero-order valence-electron chi connectivity index (χ0n) is 19.8. The number of ether oxygens (including phenoxy) is 7. The molecule has 2 N–H and O–H groups in total. The molecule has 1 aliphatic heterocycles. The third-order valence-electron chi connectivity index (χ3n) is 6.07. The van der Waals surface area contributed by atoms with Gasteiger partial charge in [-0.05, 0) is 35.4 Å². The van der Waals surface area contributed by atoms with Crippen molar-refractivity contribution >= 4 is 0 Å². The van der Waals surface area contributed by atoms with E-state index in [1.165, 1.54) is 42.7 Å². The summed E-state index contributed by atoms with van der Waals surface area (Å²) in [6.45, 7) is -0.374. The van der Waals surface area contributed by atoms with Gasteiger partial charge in [-0.25, -0.2) is 0 Å². The van der Waals surface area contributed by atoms with Gasteiger partial charge in [0, 0.05) is 25.0 Å². The molecule has 33 heavy (non-hydrogen) atoms. The van der Waals surface area contributed by atoms with Crippen molar-refractivity contribution in [3.8, 4) is 34.5 Å². The molecule has 2 aromatic rings. The molecule has 9 heteroatoms. The summed E-state index contributed by atoms with van der Waals surface area (Å²) in [5.74, 6) is 2.05. The highest BCUT2D eigenvalue weighted by Gasteiger charge is 2.46. The summed E-state index contributed by atoms with van der Waals surface area (Å²) in [7, 11) is 9.21. The van der Waals surface area contributed by atoms with E-state index in [9.17, 15) is 10.2 Å². The van der Waals surface area contributed by atoms with Crippen LogP contribution in [0.15, 0.2) is 24.3 Å². The van der Waals surface area contributed by atoms with Crippen molar-refractivity contribution in [2.45, 2.75) is 12.2 Å². The number of aliphatic hydroxyl groups is 2. The molecule has 0 aromatic heterocycles. The Morgan fingerprint density at radius 1 is 0.576 bits per heavy atom. The van der Waals surface area contributed by atoms with Crippen molar-refractivity contribution < 1.29 is 43.4 Å². The Morgan fingerprint density at radius 3 is 1.09 bits per heavy atom. The van der Waals surface area contributed by atoms with Crippen LogP contribution in [0.5, 0.6) is 34.5 Å². The van der Waals surface area contributed by atoms with Gasteiger partial charge in [-0.15, -0.1) is 0 Å². The first-order chi connectivity index (χ1) is 16.0. The molecule has 182 valence electrons. The predicted molar refractivity (Wildman–Crippen MR) is 120 cm³/mol. The van der Waals surface area contributed by atoms with Gasteiger partial charge in [0.2, 0.25) is 11.5 Å². The van der Waals surface area contributed by atoms with Gasteiger partial charge >= 0.3 is 0 Å². The van der Waals surface area contributed by atoms with Gasteiger partial charge in [0.05, 0.1) is 54.9 Å². The maximum atomic E-state index is 10.3. The van der Waals surface area contributed by atoms with Crippen molar-refractivity contribution in [2.75, 3.05) is 55.9 Å². The summed E-state index contributed by atoms with van der Waals surface area (Å²) in [5.41, 5.74) is 1.47. The lowest BCUT2D eigenvalue weighted by atomic mass is 9.83. The zero-order chi connectivity index (χ0) is 24.1. The molecule has 0 aliphatic carbocycles. The van der Waals surface area contributed by atoms with Gasteiger partial charge in [-0.3, -0.25) is 0 Å². The average molecular weight is 465 g/mol. The molecule has 1 fully saturated rings. The van der Waals surface area contributed by atoms with E-state index >= 15 is 0 Å². The Bertz CT molecular complexity index is 820. The van der Waals surface area contributed by atoms with E-state index in [4.69, 9.17) is 33.2 Å². The Labute approximate surface area is 193 Å². The zero-order valence-corrected chi connectivity index (χ0v) is 19.8. The Hall–Kier alpha value is -2.88. The van der Waals surface area contributed by atoms with E-state index in [-0.39, 0.29) is 25.0 Å². The second-order valence-corrected chi connectivity index (χ2v) is 7.59. The van der Waals surface area contributed by atoms with Crippen LogP contribution < -0.4 is 28.4 Å². The number of benzene rings is 2. The van der Waals surface area contributed by atoms with Crippen molar-refractivity contribution in [1.29, 1.82) is 0 Å². The van der Waals surface area contributed by atoms with E-state index in [2.05, 4.69) is 0 Å². The monoisotopic (exact) mass is 464 g/mol. The van der Waals surface area contributed by atoms with Crippen LogP contribution in [-0.2, 0) is 4.74 Å². The van der Waals surface area contributed by atoms with Crippen LogP contribution >= 0.6 is 0 Å². The third kappa shape index (κ3) is 4.48. The average Bonchev–Trinajstić information content (AvgIpc) is 3.25. The number of methoxy groups -OCH3 is 6. The molecule has 1 saturated heterocycles. The lowest BCUT2D eigenvalue weighted by Crippen LogP contribution is -2.23. The SMILES string of the molecule is COc1cc(C2OC(c3cc(OC)c(OC)c(OC)c3)C(CO)C2CO)cc(OC)c1OC. The summed E-state index contributed by atoms with van der Waals surface area (Å²) < 4.78 is 39.2. The van der Waals surface area contributed by atoms with E-state index in [1.807, 2.05) is 0 Å². The molecule has 0 radical (unpaired) electrons. The summed E-state index contributed by atoms with van der Waals surface area (Å²) in [6, 6.07) is 7.17. The van der Waals surface area contributed by atoms with Crippen LogP contribution in [0.4, 0.5) is 0 Å². The Balaban J connectivity index is 2.09. The standard InChI is InChI=1S/C24H32O9/c1-27-17-7-13(8-18(28-2)23(17)31-5)21-15(11-25)16(12-26)22(33-21)14-9-19(29-3)24(32-6)20(10-14)30-4/h7-10,15-16,21-22,25-26H,11-12H2,1-6H3. The first kappa shape index (κ1) is 24.8. The molecule has 2 aromatic carbocycles. The molecular formula is C24H32O9. The van der Waals surface area contributed by atoms with Crippen LogP contribution in [0.25, 0.3) is 0 Å². The van der Waals surface area contributed by atoms with Crippen LogP contribution in [0, 0.1) is 11.8 Å². The van der Waals surface area contributed by atoms with Crippen molar-refractivity contribution in [1.82, 2.24) is 0 Å². The van der Waals surface area contributed by atoms with E-state index in [1.54, 1.807) is 24.3 Å². The van der Waals surface area contributed by atoms with Gasteiger partial charge < -0.3 is 43.4 Å². The van der Waals surface area contributed by atoms with Crippen LogP contribution in [0.2, 0.25) is 0 Å². The quantitative estimate of drug-likeness (QED) is 0.549. The fourth-order valence-corrected chi connectivity index (χ4v) is 4.45. The minimum Gasteiger partial charge on any atom is -0.493 e. The van der Waals surface area contributed by atoms with Crippen LogP contribution in [0.3, 0.4) is 0 Å². The highest BCUT2D eigenvalue weighted by atomic mass is 16.5. The first-order valence-corrected chi connectivity index (χ1v) is 10.5. The van der Waals surface area contributed by atoms with Gasteiger partial charge in [0.15, 0.2) is 23.0 Å². The molecular weight excluding hydrogens is 432 g/mol. The third-order valence-corrected chi connectivity index (χ3v) is 6.07. The number of rotatable bonds is 10. The molecule has 0 amide bonds. The van der Waals surface area contributed by atoms with Gasteiger partial charge in [-0.2, -0.15) is 0 Å². The maximum Gasteiger partial charge on any atom is 0.203 e. The predicted octanol–water partition coefficient (Wildman–Crippen LogP) is 2.77. The van der Waals surface area contributed by atoms with E-state index < -0.39 is 12.2 Å². The number of hydrogen-bond acceptors (Lipinski definition) is 9. The van der Waals surface area contributed by atoms with Gasteiger partial charge in [0.1, 0.15) is 0 Å². The smallest absolute Gasteiger partial charge is 0.203 e. The molecule has 4 unspecified atom stereocenters. The fraction of sp³-hybridized carbons (Fsp3) is 0.500. The van der Waals surface area contributed by atoms with Gasteiger partial charge in [0.25, 0.3) is 0 Å². The Kier molecular flexibility index (Phi) is 8.12. The minimum absolute atomic E-state index is 0.187. The summed E-state index contributed by atoms with van der Waals surface area (Å²) in [5, 5.41) is 20.5. The summed E-state index contributed by atoms with van der Waals surface area (Å²) >= 11 is 0. The van der Waals surface area contributed by atoms with Crippen LogP contribution in [-0.4, -0.2) is 66.1 Å². The first-order valence-electron chi connectivity index (χ1n) is 10.5. The van der Waals surface area contributed by atoms with Crippen LogP contribution in [0.1, 0.15) is 23.3 Å². The molecule has 9 nitrogen and oxygen atoms in total. The highest BCUT2D eigenvalue weighted by molar-refractivity contribution is 5.56. The maximum absolute atomic E-state index is 10.3. The molecule has 3 rings (SSSR count). The lowest BCUT2D eigenvalue weighted by Gasteiger charge is -2.22. The second kappa shape index (κ2) is 10.8. The number of hydrogen-bond donors (Lipinski definition) is 2. The normalized spacial score (nSPS) is 22.1. The molecule has 1 aliphatic rings. The highest BCUT2D eigenvalue weighted by Crippen LogP contribution is 2.53. The summed E-state index contributed by atoms with van der Waals surface area (Å²) in [4.78, 5) is 0. The van der Waals surface area contributed by atoms with Crippen molar-refractivity contribution in [3.63, 3.8) is 0 Å². The minimum atomic E-state index is -0.537. The molecule has 1 heterocycles. The fourth-order valence-electron chi connectivity index (χ4n) is 4.45. The largest absolute Gasteiger partial charge is 0.493 e. The van der Waals surface area contributed by atoms with Crippen molar-refractivity contribution in [3.05, 3.63) is 35.4 Å². The van der Waals surface area contributed by atoms with E-state index in [0.29, 0.717) is 34.5 Å².